The van der Waals surface area contributed by atoms with Crippen LogP contribution in [-0.2, 0) is 6.42 Å². The van der Waals surface area contributed by atoms with Gasteiger partial charge < -0.3 is 25.0 Å². The van der Waals surface area contributed by atoms with E-state index in [4.69, 9.17) is 14.5 Å². The monoisotopic (exact) mass is 490 g/mol. The smallest absolute Gasteiger partial charge is 0.191 e. The largest absolute Gasteiger partial charge is 0.493 e. The fourth-order valence-corrected chi connectivity index (χ4v) is 3.19. The average molecular weight is 490 g/mol. The SMILES string of the molecule is CCNC(=NCCN1CCCCC1)NCCc1ccc(OC)c(OC)c1.I. The summed E-state index contributed by atoms with van der Waals surface area (Å²) >= 11 is 0. The average Bonchev–Trinajstić information content (AvgIpc) is 2.68. The number of nitrogens with one attached hydrogen (secondary N) is 2. The third-order valence-corrected chi connectivity index (χ3v) is 4.63. The van der Waals surface area contributed by atoms with Crippen LogP contribution in [0, 0.1) is 0 Å². The van der Waals surface area contributed by atoms with Crippen molar-refractivity contribution in [2.75, 3.05) is 53.5 Å². The summed E-state index contributed by atoms with van der Waals surface area (Å²) in [5.41, 5.74) is 1.21. The first kappa shape index (κ1) is 23.8. The van der Waals surface area contributed by atoms with Gasteiger partial charge in [0, 0.05) is 19.6 Å². The summed E-state index contributed by atoms with van der Waals surface area (Å²) in [4.78, 5) is 7.22. The molecule has 1 saturated heterocycles. The first-order valence-electron chi connectivity index (χ1n) is 9.72. The van der Waals surface area contributed by atoms with Crippen LogP contribution >= 0.6 is 24.0 Å². The lowest BCUT2D eigenvalue weighted by molar-refractivity contribution is 0.235. The van der Waals surface area contributed by atoms with Crippen molar-refractivity contribution in [1.29, 1.82) is 0 Å². The molecule has 0 bridgehead atoms. The minimum absolute atomic E-state index is 0. The third kappa shape index (κ3) is 8.55. The molecule has 1 aliphatic rings. The van der Waals surface area contributed by atoms with Gasteiger partial charge in [0.15, 0.2) is 17.5 Å². The molecule has 154 valence electrons. The van der Waals surface area contributed by atoms with E-state index in [1.807, 2.05) is 12.1 Å². The molecule has 7 heteroatoms. The van der Waals surface area contributed by atoms with Gasteiger partial charge in [-0.05, 0) is 57.0 Å². The van der Waals surface area contributed by atoms with Gasteiger partial charge in [-0.3, -0.25) is 4.99 Å². The second-order valence-electron chi connectivity index (χ2n) is 6.53. The van der Waals surface area contributed by atoms with E-state index in [0.29, 0.717) is 0 Å². The van der Waals surface area contributed by atoms with Gasteiger partial charge in [-0.2, -0.15) is 0 Å². The number of likely N-dealkylation sites (tertiary alicyclic amines) is 1. The molecule has 0 atom stereocenters. The van der Waals surface area contributed by atoms with Crippen molar-refractivity contribution < 1.29 is 9.47 Å². The summed E-state index contributed by atoms with van der Waals surface area (Å²) in [5.74, 6) is 2.42. The van der Waals surface area contributed by atoms with Crippen LogP contribution in [0.5, 0.6) is 11.5 Å². The van der Waals surface area contributed by atoms with Crippen LogP contribution < -0.4 is 20.1 Å². The van der Waals surface area contributed by atoms with Gasteiger partial charge in [0.1, 0.15) is 0 Å². The number of methoxy groups -OCH3 is 2. The number of ether oxygens (including phenoxy) is 2. The second-order valence-corrected chi connectivity index (χ2v) is 6.53. The maximum Gasteiger partial charge on any atom is 0.191 e. The highest BCUT2D eigenvalue weighted by atomic mass is 127. The molecule has 1 heterocycles. The number of hydrogen-bond acceptors (Lipinski definition) is 4. The van der Waals surface area contributed by atoms with Crippen LogP contribution in [0.1, 0.15) is 31.7 Å². The number of aliphatic imine (C=N–C) groups is 1. The highest BCUT2D eigenvalue weighted by molar-refractivity contribution is 14.0. The van der Waals surface area contributed by atoms with Crippen molar-refractivity contribution in [3.05, 3.63) is 23.8 Å². The molecule has 0 aliphatic carbocycles. The molecule has 0 unspecified atom stereocenters. The highest BCUT2D eigenvalue weighted by Crippen LogP contribution is 2.27. The Labute approximate surface area is 181 Å². The van der Waals surface area contributed by atoms with Crippen LogP contribution in [0.4, 0.5) is 0 Å². The molecule has 0 amide bonds. The first-order chi connectivity index (χ1) is 12.8. The van der Waals surface area contributed by atoms with Gasteiger partial charge in [-0.15, -0.1) is 24.0 Å². The van der Waals surface area contributed by atoms with E-state index in [9.17, 15) is 0 Å². The van der Waals surface area contributed by atoms with Crippen molar-refractivity contribution in [2.24, 2.45) is 4.99 Å². The molecule has 1 aromatic carbocycles. The van der Waals surface area contributed by atoms with Gasteiger partial charge in [-0.25, -0.2) is 0 Å². The highest BCUT2D eigenvalue weighted by Gasteiger charge is 2.09. The summed E-state index contributed by atoms with van der Waals surface area (Å²) in [6.07, 6.45) is 4.93. The molecule has 27 heavy (non-hydrogen) atoms. The topological polar surface area (TPSA) is 58.1 Å². The van der Waals surface area contributed by atoms with Gasteiger partial charge >= 0.3 is 0 Å². The van der Waals surface area contributed by atoms with Gasteiger partial charge in [-0.1, -0.05) is 12.5 Å². The Morgan fingerprint density at radius 1 is 1.07 bits per heavy atom. The molecule has 0 aromatic heterocycles. The Balaban J connectivity index is 0.00000364. The standard InChI is InChI=1S/C20H34N4O2.HI/c1-4-21-20(23-12-15-24-13-6-5-7-14-24)22-11-10-17-8-9-18(25-2)19(16-17)26-3;/h8-9,16H,4-7,10-15H2,1-3H3,(H2,21,22,23);1H. The maximum atomic E-state index is 5.37. The first-order valence-corrected chi connectivity index (χ1v) is 9.72. The van der Waals surface area contributed by atoms with Crippen molar-refractivity contribution in [3.8, 4) is 11.5 Å². The number of rotatable bonds is 9. The molecule has 6 nitrogen and oxygen atoms in total. The van der Waals surface area contributed by atoms with E-state index in [1.165, 1.54) is 37.9 Å². The zero-order valence-electron chi connectivity index (χ0n) is 16.9. The van der Waals surface area contributed by atoms with E-state index in [-0.39, 0.29) is 24.0 Å². The molecule has 1 aliphatic heterocycles. The van der Waals surface area contributed by atoms with Gasteiger partial charge in [0.2, 0.25) is 0 Å². The second kappa shape index (κ2) is 13.9. The molecule has 1 aromatic rings. The fourth-order valence-electron chi connectivity index (χ4n) is 3.19. The third-order valence-electron chi connectivity index (χ3n) is 4.63. The van der Waals surface area contributed by atoms with Crippen LogP contribution in [-0.4, -0.2) is 64.3 Å². The Morgan fingerprint density at radius 2 is 1.81 bits per heavy atom. The van der Waals surface area contributed by atoms with E-state index in [2.05, 4.69) is 28.5 Å². The Hall–Kier alpha value is -1.22. The van der Waals surface area contributed by atoms with Gasteiger partial charge in [0.05, 0.1) is 20.8 Å². The molecule has 2 N–H and O–H groups in total. The number of nitrogens with zero attached hydrogens (tertiary/aromatic N) is 2. The van der Waals surface area contributed by atoms with Crippen LogP contribution in [0.2, 0.25) is 0 Å². The fraction of sp³-hybridized carbons (Fsp3) is 0.650. The number of piperidine rings is 1. The minimum atomic E-state index is 0. The quantitative estimate of drug-likeness (QED) is 0.317. The van der Waals surface area contributed by atoms with Crippen LogP contribution in [0.15, 0.2) is 23.2 Å². The maximum absolute atomic E-state index is 5.37. The minimum Gasteiger partial charge on any atom is -0.493 e. The number of benzene rings is 1. The van der Waals surface area contributed by atoms with E-state index in [1.54, 1.807) is 14.2 Å². The lowest BCUT2D eigenvalue weighted by Crippen LogP contribution is -2.39. The van der Waals surface area contributed by atoms with Crippen LogP contribution in [0.3, 0.4) is 0 Å². The van der Waals surface area contributed by atoms with Crippen molar-refractivity contribution in [2.45, 2.75) is 32.6 Å². The van der Waals surface area contributed by atoms with Crippen LogP contribution in [0.25, 0.3) is 0 Å². The molecule has 0 radical (unpaired) electrons. The van der Waals surface area contributed by atoms with E-state index < -0.39 is 0 Å². The summed E-state index contributed by atoms with van der Waals surface area (Å²) in [6.45, 7) is 8.11. The number of hydrogen-bond donors (Lipinski definition) is 2. The van der Waals surface area contributed by atoms with Gasteiger partial charge in [0.25, 0.3) is 0 Å². The molecule has 1 fully saturated rings. The predicted molar refractivity (Wildman–Crippen MR) is 123 cm³/mol. The lowest BCUT2D eigenvalue weighted by Gasteiger charge is -2.25. The number of halogens is 1. The Kier molecular flexibility index (Phi) is 12.2. The number of guanidine groups is 1. The lowest BCUT2D eigenvalue weighted by atomic mass is 10.1. The summed E-state index contributed by atoms with van der Waals surface area (Å²) in [5, 5.41) is 6.74. The van der Waals surface area contributed by atoms with Crippen molar-refractivity contribution >= 4 is 29.9 Å². The molecular formula is C20H35IN4O2. The zero-order valence-corrected chi connectivity index (χ0v) is 19.3. The normalized spacial score (nSPS) is 15.0. The van der Waals surface area contributed by atoms with E-state index in [0.717, 1.165) is 50.1 Å². The van der Waals surface area contributed by atoms with Crippen molar-refractivity contribution in [1.82, 2.24) is 15.5 Å². The molecular weight excluding hydrogens is 455 g/mol. The predicted octanol–water partition coefficient (Wildman–Crippen LogP) is 2.91. The molecule has 0 saturated carbocycles. The Bertz CT molecular complexity index is 563. The molecule has 2 rings (SSSR count). The zero-order chi connectivity index (χ0) is 18.6. The summed E-state index contributed by atoms with van der Waals surface area (Å²) in [7, 11) is 3.32. The molecule has 0 spiro atoms. The summed E-state index contributed by atoms with van der Waals surface area (Å²) in [6, 6.07) is 6.05. The Morgan fingerprint density at radius 3 is 2.48 bits per heavy atom. The van der Waals surface area contributed by atoms with E-state index >= 15 is 0 Å². The van der Waals surface area contributed by atoms with Crippen molar-refractivity contribution in [3.63, 3.8) is 0 Å². The summed E-state index contributed by atoms with van der Waals surface area (Å²) < 4.78 is 10.7.